The van der Waals surface area contributed by atoms with Gasteiger partial charge in [-0.3, -0.25) is 4.79 Å². The van der Waals surface area contributed by atoms with Crippen molar-refractivity contribution in [2.75, 3.05) is 12.5 Å². The van der Waals surface area contributed by atoms with Gasteiger partial charge in [0.25, 0.3) is 5.56 Å². The molecule has 0 amide bonds. The van der Waals surface area contributed by atoms with Gasteiger partial charge in [0.05, 0.1) is 11.1 Å². The van der Waals surface area contributed by atoms with Crippen molar-refractivity contribution in [2.24, 2.45) is 7.05 Å². The standard InChI is InChI=1S/C7H10N2OS2/c1-9-7(10)6(12-3)5(11-2)4-8-9/h4H,1-3H3. The first-order chi connectivity index (χ1) is 5.70. The van der Waals surface area contributed by atoms with E-state index < -0.39 is 0 Å². The van der Waals surface area contributed by atoms with Gasteiger partial charge in [0.15, 0.2) is 0 Å². The van der Waals surface area contributed by atoms with E-state index in [0.717, 1.165) is 9.79 Å². The molecule has 66 valence electrons. The second kappa shape index (κ2) is 4.00. The summed E-state index contributed by atoms with van der Waals surface area (Å²) >= 11 is 3.01. The smallest absolute Gasteiger partial charge is 0.266 e. The number of nitrogens with zero attached hydrogens (tertiary/aromatic N) is 2. The molecular weight excluding hydrogens is 192 g/mol. The van der Waals surface area contributed by atoms with Gasteiger partial charge in [-0.15, -0.1) is 23.5 Å². The number of hydrogen-bond donors (Lipinski definition) is 0. The molecule has 0 aliphatic rings. The highest BCUT2D eigenvalue weighted by molar-refractivity contribution is 8.01. The SMILES string of the molecule is CSc1cnn(C)c(=O)c1SC. The summed E-state index contributed by atoms with van der Waals surface area (Å²) in [5.41, 5.74) is -0.0191. The second-order valence-corrected chi connectivity index (χ2v) is 3.84. The molecule has 5 heteroatoms. The number of hydrogen-bond acceptors (Lipinski definition) is 4. The normalized spacial score (nSPS) is 10.2. The Morgan fingerprint density at radius 2 is 2.08 bits per heavy atom. The van der Waals surface area contributed by atoms with E-state index in [2.05, 4.69) is 5.10 Å². The average Bonchev–Trinajstić information content (AvgIpc) is 2.09. The van der Waals surface area contributed by atoms with Gasteiger partial charge in [-0.2, -0.15) is 5.10 Å². The minimum absolute atomic E-state index is 0.0191. The lowest BCUT2D eigenvalue weighted by atomic mass is 10.6. The van der Waals surface area contributed by atoms with Crippen LogP contribution in [0.2, 0.25) is 0 Å². The molecule has 3 nitrogen and oxygen atoms in total. The van der Waals surface area contributed by atoms with Crippen molar-refractivity contribution < 1.29 is 0 Å². The van der Waals surface area contributed by atoms with Crippen LogP contribution in [0, 0.1) is 0 Å². The van der Waals surface area contributed by atoms with E-state index in [9.17, 15) is 4.79 Å². The molecule has 1 aromatic rings. The highest BCUT2D eigenvalue weighted by atomic mass is 32.2. The summed E-state index contributed by atoms with van der Waals surface area (Å²) in [6.45, 7) is 0. The molecule has 0 atom stereocenters. The minimum atomic E-state index is -0.0191. The molecule has 1 rings (SSSR count). The Bertz CT molecular complexity index is 335. The van der Waals surface area contributed by atoms with Crippen LogP contribution in [-0.4, -0.2) is 22.3 Å². The molecule has 1 heterocycles. The van der Waals surface area contributed by atoms with Gasteiger partial charge in [-0.05, 0) is 12.5 Å². The van der Waals surface area contributed by atoms with Crippen molar-refractivity contribution in [1.29, 1.82) is 0 Å². The van der Waals surface area contributed by atoms with Gasteiger partial charge in [0.1, 0.15) is 0 Å². The predicted molar refractivity (Wildman–Crippen MR) is 53.0 cm³/mol. The lowest BCUT2D eigenvalue weighted by molar-refractivity contribution is 0.671. The fourth-order valence-electron chi connectivity index (χ4n) is 0.836. The maximum absolute atomic E-state index is 11.4. The Balaban J connectivity index is 3.36. The van der Waals surface area contributed by atoms with Crippen LogP contribution in [0.25, 0.3) is 0 Å². The Morgan fingerprint density at radius 3 is 2.58 bits per heavy atom. The molecule has 0 aliphatic heterocycles. The Morgan fingerprint density at radius 1 is 1.42 bits per heavy atom. The lowest BCUT2D eigenvalue weighted by Gasteiger charge is -2.03. The summed E-state index contributed by atoms with van der Waals surface area (Å²) in [7, 11) is 1.66. The van der Waals surface area contributed by atoms with Crippen molar-refractivity contribution in [3.8, 4) is 0 Å². The zero-order valence-electron chi connectivity index (χ0n) is 7.20. The molecule has 0 aliphatic carbocycles. The molecule has 0 saturated carbocycles. The van der Waals surface area contributed by atoms with E-state index in [1.165, 1.54) is 16.4 Å². The van der Waals surface area contributed by atoms with Gasteiger partial charge in [-0.1, -0.05) is 0 Å². The van der Waals surface area contributed by atoms with Crippen LogP contribution in [0.3, 0.4) is 0 Å². The first-order valence-corrected chi connectivity index (χ1v) is 5.80. The van der Waals surface area contributed by atoms with E-state index >= 15 is 0 Å². The number of aromatic nitrogens is 2. The third-order valence-electron chi connectivity index (χ3n) is 1.48. The van der Waals surface area contributed by atoms with Crippen molar-refractivity contribution in [1.82, 2.24) is 9.78 Å². The summed E-state index contributed by atoms with van der Waals surface area (Å²) in [4.78, 5) is 13.2. The van der Waals surface area contributed by atoms with Crippen LogP contribution >= 0.6 is 23.5 Å². The van der Waals surface area contributed by atoms with E-state index in [1.807, 2.05) is 12.5 Å². The largest absolute Gasteiger partial charge is 0.281 e. The molecule has 0 aromatic carbocycles. The van der Waals surface area contributed by atoms with Gasteiger partial charge < -0.3 is 0 Å². The van der Waals surface area contributed by atoms with Crippen LogP contribution in [0.5, 0.6) is 0 Å². The maximum Gasteiger partial charge on any atom is 0.281 e. The van der Waals surface area contributed by atoms with Crippen LogP contribution in [0.1, 0.15) is 0 Å². The molecule has 12 heavy (non-hydrogen) atoms. The molecule has 1 aromatic heterocycles. The number of aryl methyl sites for hydroxylation is 1. The molecule has 0 spiro atoms. The average molecular weight is 202 g/mol. The van der Waals surface area contributed by atoms with Gasteiger partial charge >= 0.3 is 0 Å². The predicted octanol–water partition coefficient (Wildman–Crippen LogP) is 1.22. The van der Waals surface area contributed by atoms with Gasteiger partial charge in [-0.25, -0.2) is 4.68 Å². The molecule has 0 bridgehead atoms. The number of thioether (sulfide) groups is 2. The quantitative estimate of drug-likeness (QED) is 0.676. The van der Waals surface area contributed by atoms with Crippen LogP contribution in [0.15, 0.2) is 20.8 Å². The van der Waals surface area contributed by atoms with E-state index in [1.54, 1.807) is 25.0 Å². The van der Waals surface area contributed by atoms with E-state index in [4.69, 9.17) is 0 Å². The van der Waals surface area contributed by atoms with Gasteiger partial charge in [0, 0.05) is 11.9 Å². The topological polar surface area (TPSA) is 34.9 Å². The van der Waals surface area contributed by atoms with Crippen LogP contribution < -0.4 is 5.56 Å². The summed E-state index contributed by atoms with van der Waals surface area (Å²) in [5, 5.41) is 3.93. The third-order valence-corrected chi connectivity index (χ3v) is 3.17. The molecule has 0 fully saturated rings. The van der Waals surface area contributed by atoms with Crippen molar-refractivity contribution in [2.45, 2.75) is 9.79 Å². The fraction of sp³-hybridized carbons (Fsp3) is 0.429. The maximum atomic E-state index is 11.4. The fourth-order valence-corrected chi connectivity index (χ4v) is 2.32. The minimum Gasteiger partial charge on any atom is -0.266 e. The molecule has 0 saturated heterocycles. The van der Waals surface area contributed by atoms with E-state index in [0.29, 0.717) is 0 Å². The number of rotatable bonds is 2. The summed E-state index contributed by atoms with van der Waals surface area (Å²) < 4.78 is 1.35. The van der Waals surface area contributed by atoms with Crippen molar-refractivity contribution in [3.63, 3.8) is 0 Å². The first kappa shape index (κ1) is 9.67. The Labute approximate surface area is 79.6 Å². The first-order valence-electron chi connectivity index (χ1n) is 3.35. The van der Waals surface area contributed by atoms with Gasteiger partial charge in [0.2, 0.25) is 0 Å². The van der Waals surface area contributed by atoms with E-state index in [-0.39, 0.29) is 5.56 Å². The van der Waals surface area contributed by atoms with Crippen LogP contribution in [-0.2, 0) is 7.05 Å². The van der Waals surface area contributed by atoms with Crippen LogP contribution in [0.4, 0.5) is 0 Å². The summed E-state index contributed by atoms with van der Waals surface area (Å²) in [6, 6.07) is 0. The third kappa shape index (κ3) is 1.67. The Hall–Kier alpha value is -0.420. The monoisotopic (exact) mass is 202 g/mol. The summed E-state index contributed by atoms with van der Waals surface area (Å²) in [5.74, 6) is 0. The Kier molecular flexibility index (Phi) is 3.22. The van der Waals surface area contributed by atoms with Crippen molar-refractivity contribution >= 4 is 23.5 Å². The molecule has 0 unspecified atom stereocenters. The van der Waals surface area contributed by atoms with Crippen molar-refractivity contribution in [3.05, 3.63) is 16.6 Å². The zero-order chi connectivity index (χ0) is 9.14. The highest BCUT2D eigenvalue weighted by Gasteiger charge is 2.06. The molecule has 0 N–H and O–H groups in total. The second-order valence-electron chi connectivity index (χ2n) is 2.17. The lowest BCUT2D eigenvalue weighted by Crippen LogP contribution is -2.21. The molecular formula is C7H10N2OS2. The zero-order valence-corrected chi connectivity index (χ0v) is 8.83. The molecule has 0 radical (unpaired) electrons. The summed E-state index contributed by atoms with van der Waals surface area (Å²) in [6.07, 6.45) is 5.56. The highest BCUT2D eigenvalue weighted by Crippen LogP contribution is 2.22.